The van der Waals surface area contributed by atoms with E-state index in [1.165, 1.54) is 0 Å². The third kappa shape index (κ3) is 3.75. The van der Waals surface area contributed by atoms with Crippen molar-refractivity contribution in [2.45, 2.75) is 19.1 Å². The molecule has 1 saturated heterocycles. The van der Waals surface area contributed by atoms with Crippen molar-refractivity contribution in [2.24, 2.45) is 0 Å². The maximum atomic E-state index is 12.7. The first-order valence-corrected chi connectivity index (χ1v) is 7.18. The monoisotopic (exact) mass is 347 g/mol. The number of rotatable bonds is 4. The quantitative estimate of drug-likeness (QED) is 0.664. The van der Waals surface area contributed by atoms with Gasteiger partial charge in [0.25, 0.3) is 5.69 Å². The van der Waals surface area contributed by atoms with Crippen LogP contribution in [0.3, 0.4) is 0 Å². The number of halogens is 3. The summed E-state index contributed by atoms with van der Waals surface area (Å²) in [5.74, 6) is -0.969. The van der Waals surface area contributed by atoms with Gasteiger partial charge in [-0.15, -0.1) is 0 Å². The zero-order valence-electron chi connectivity index (χ0n) is 12.8. The lowest BCUT2D eigenvalue weighted by Gasteiger charge is -2.37. The summed E-state index contributed by atoms with van der Waals surface area (Å²) in [5.41, 5.74) is -1.57. The second-order valence-corrected chi connectivity index (χ2v) is 5.50. The lowest BCUT2D eigenvalue weighted by Crippen LogP contribution is -2.51. The Morgan fingerprint density at radius 1 is 1.29 bits per heavy atom. The van der Waals surface area contributed by atoms with E-state index in [0.717, 1.165) is 12.1 Å². The smallest absolute Gasteiger partial charge is 0.416 e. The molecule has 1 aliphatic heterocycles. The Balaban J connectivity index is 2.21. The van der Waals surface area contributed by atoms with Gasteiger partial charge in [-0.1, -0.05) is 0 Å². The van der Waals surface area contributed by atoms with E-state index in [-0.39, 0.29) is 5.69 Å². The second-order valence-electron chi connectivity index (χ2n) is 5.50. The van der Waals surface area contributed by atoms with E-state index in [0.29, 0.717) is 32.2 Å². The van der Waals surface area contributed by atoms with Crippen LogP contribution in [0.1, 0.15) is 12.5 Å². The maximum absolute atomic E-state index is 12.7. The highest BCUT2D eigenvalue weighted by Crippen LogP contribution is 2.36. The fraction of sp³-hybridized carbons (Fsp3) is 0.500. The zero-order valence-corrected chi connectivity index (χ0v) is 12.8. The van der Waals surface area contributed by atoms with Crippen molar-refractivity contribution in [3.05, 3.63) is 33.9 Å². The van der Waals surface area contributed by atoms with E-state index in [4.69, 9.17) is 5.11 Å². The molecule has 1 heterocycles. The maximum Gasteiger partial charge on any atom is 0.416 e. The molecule has 1 aromatic rings. The van der Waals surface area contributed by atoms with Crippen LogP contribution < -0.4 is 4.90 Å². The van der Waals surface area contributed by atoms with Crippen molar-refractivity contribution in [2.75, 3.05) is 31.1 Å². The van der Waals surface area contributed by atoms with E-state index < -0.39 is 34.4 Å². The summed E-state index contributed by atoms with van der Waals surface area (Å²) < 4.78 is 38.2. The molecule has 1 fully saturated rings. The first kappa shape index (κ1) is 18.0. The number of benzene rings is 1. The van der Waals surface area contributed by atoms with Crippen molar-refractivity contribution >= 4 is 17.3 Å². The molecular formula is C14H16F3N3O4. The number of piperazine rings is 1. The standard InChI is InChI=1S/C14H16F3N3O4/c1-9(13(21)22)18-4-6-19(7-5-18)11-3-2-10(14(15,16)17)8-12(11)20(23)24/h2-3,8-9H,4-7H2,1H3,(H,21,22). The predicted octanol–water partition coefficient (Wildman–Crippen LogP) is 2.21. The van der Waals surface area contributed by atoms with Crippen LogP contribution in [0.4, 0.5) is 24.5 Å². The molecule has 0 amide bonds. The van der Waals surface area contributed by atoms with Crippen LogP contribution in [0.5, 0.6) is 0 Å². The fourth-order valence-electron chi connectivity index (χ4n) is 2.62. The highest BCUT2D eigenvalue weighted by molar-refractivity contribution is 5.73. The summed E-state index contributed by atoms with van der Waals surface area (Å²) in [4.78, 5) is 24.6. The average molecular weight is 347 g/mol. The Morgan fingerprint density at radius 2 is 1.88 bits per heavy atom. The number of nitro groups is 1. The molecule has 7 nitrogen and oxygen atoms in total. The number of hydrogen-bond acceptors (Lipinski definition) is 5. The fourth-order valence-corrected chi connectivity index (χ4v) is 2.62. The zero-order chi connectivity index (χ0) is 18.1. The Kier molecular flexibility index (Phi) is 4.97. The number of carboxylic acid groups (broad SMARTS) is 1. The minimum Gasteiger partial charge on any atom is -0.480 e. The average Bonchev–Trinajstić information content (AvgIpc) is 2.52. The highest BCUT2D eigenvalue weighted by atomic mass is 19.4. The van der Waals surface area contributed by atoms with Gasteiger partial charge in [-0.05, 0) is 19.1 Å². The van der Waals surface area contributed by atoms with E-state index in [1.807, 2.05) is 0 Å². The Labute approximate surface area is 135 Å². The minimum absolute atomic E-state index is 0.107. The van der Waals surface area contributed by atoms with Crippen molar-refractivity contribution in [3.8, 4) is 0 Å². The van der Waals surface area contributed by atoms with Gasteiger partial charge in [-0.25, -0.2) is 0 Å². The third-order valence-corrected chi connectivity index (χ3v) is 4.06. The van der Waals surface area contributed by atoms with Crippen molar-refractivity contribution in [3.63, 3.8) is 0 Å². The molecule has 132 valence electrons. The number of nitrogens with zero attached hydrogens (tertiary/aromatic N) is 3. The first-order chi connectivity index (χ1) is 11.1. The lowest BCUT2D eigenvalue weighted by atomic mass is 10.1. The summed E-state index contributed by atoms with van der Waals surface area (Å²) >= 11 is 0. The second kappa shape index (κ2) is 6.63. The normalized spacial score (nSPS) is 17.6. The summed E-state index contributed by atoms with van der Waals surface area (Å²) in [5, 5.41) is 20.1. The minimum atomic E-state index is -4.65. The summed E-state index contributed by atoms with van der Waals surface area (Å²) in [7, 11) is 0. The Hall–Kier alpha value is -2.36. The van der Waals surface area contributed by atoms with Gasteiger partial charge >= 0.3 is 12.1 Å². The molecule has 2 rings (SSSR count). The molecule has 0 saturated carbocycles. The van der Waals surface area contributed by atoms with Gasteiger partial charge in [-0.2, -0.15) is 13.2 Å². The van der Waals surface area contributed by atoms with Gasteiger partial charge in [0.1, 0.15) is 11.7 Å². The van der Waals surface area contributed by atoms with E-state index in [9.17, 15) is 28.1 Å². The van der Waals surface area contributed by atoms with Crippen molar-refractivity contribution in [1.82, 2.24) is 4.90 Å². The van der Waals surface area contributed by atoms with E-state index >= 15 is 0 Å². The topological polar surface area (TPSA) is 86.9 Å². The molecule has 10 heteroatoms. The Bertz CT molecular complexity index is 643. The molecule has 0 aliphatic carbocycles. The van der Waals surface area contributed by atoms with Crippen LogP contribution >= 0.6 is 0 Å². The van der Waals surface area contributed by atoms with Crippen LogP contribution in [0.15, 0.2) is 18.2 Å². The molecule has 1 atom stereocenters. The predicted molar refractivity (Wildman–Crippen MR) is 79.0 cm³/mol. The molecule has 1 unspecified atom stereocenters. The van der Waals surface area contributed by atoms with Crippen molar-refractivity contribution in [1.29, 1.82) is 0 Å². The molecule has 1 aliphatic rings. The molecule has 0 bridgehead atoms. The SMILES string of the molecule is CC(C(=O)O)N1CCN(c2ccc(C(F)(F)F)cc2[N+](=O)[O-])CC1. The molecule has 0 radical (unpaired) electrons. The number of anilines is 1. The summed E-state index contributed by atoms with van der Waals surface area (Å²) in [6.07, 6.45) is -4.65. The molecule has 1 aromatic carbocycles. The largest absolute Gasteiger partial charge is 0.480 e. The summed E-state index contributed by atoms with van der Waals surface area (Å²) in [6.45, 7) is 2.84. The number of alkyl halides is 3. The van der Waals surface area contributed by atoms with Gasteiger partial charge in [0.15, 0.2) is 0 Å². The van der Waals surface area contributed by atoms with E-state index in [2.05, 4.69) is 0 Å². The number of aliphatic carboxylic acids is 1. The number of carbonyl (C=O) groups is 1. The van der Waals surface area contributed by atoms with Gasteiger partial charge < -0.3 is 10.0 Å². The number of nitro benzene ring substituents is 1. The van der Waals surface area contributed by atoms with Crippen LogP contribution in [0.25, 0.3) is 0 Å². The van der Waals surface area contributed by atoms with Gasteiger partial charge in [0, 0.05) is 32.2 Å². The highest BCUT2D eigenvalue weighted by Gasteiger charge is 2.34. The number of hydrogen-bond donors (Lipinski definition) is 1. The van der Waals surface area contributed by atoms with Crippen LogP contribution in [0.2, 0.25) is 0 Å². The lowest BCUT2D eigenvalue weighted by molar-refractivity contribution is -0.384. The van der Waals surface area contributed by atoms with Gasteiger partial charge in [-0.3, -0.25) is 19.8 Å². The summed E-state index contributed by atoms with van der Waals surface area (Å²) in [6, 6.07) is 1.75. The van der Waals surface area contributed by atoms with Gasteiger partial charge in [0.05, 0.1) is 10.5 Å². The number of carboxylic acids is 1. The van der Waals surface area contributed by atoms with Crippen molar-refractivity contribution < 1.29 is 28.0 Å². The van der Waals surface area contributed by atoms with Gasteiger partial charge in [0.2, 0.25) is 0 Å². The first-order valence-electron chi connectivity index (χ1n) is 7.18. The molecular weight excluding hydrogens is 331 g/mol. The Morgan fingerprint density at radius 3 is 2.33 bits per heavy atom. The molecule has 1 N–H and O–H groups in total. The van der Waals surface area contributed by atoms with E-state index in [1.54, 1.807) is 16.7 Å². The van der Waals surface area contributed by atoms with Crippen LogP contribution in [0, 0.1) is 10.1 Å². The van der Waals surface area contributed by atoms with Crippen LogP contribution in [-0.4, -0.2) is 53.1 Å². The molecule has 0 aromatic heterocycles. The third-order valence-electron chi connectivity index (χ3n) is 4.06. The molecule has 24 heavy (non-hydrogen) atoms. The molecule has 0 spiro atoms. The van der Waals surface area contributed by atoms with Crippen LogP contribution in [-0.2, 0) is 11.0 Å².